The fraction of sp³-hybridized carbons (Fsp3) is 0.333. The zero-order valence-corrected chi connectivity index (χ0v) is 10.2. The number of benzene rings is 1. The molecule has 1 rings (SSSR count). The van der Waals surface area contributed by atoms with E-state index >= 15 is 0 Å². The van der Waals surface area contributed by atoms with Gasteiger partial charge < -0.3 is 10.6 Å². The first kappa shape index (κ1) is 15.0. The number of nitrogens with one attached hydrogen (secondary N) is 2. The first-order valence-electron chi connectivity index (χ1n) is 5.46. The average molecular weight is 274 g/mol. The Hall–Kier alpha value is -2.05. The molecule has 1 aromatic rings. The van der Waals surface area contributed by atoms with Gasteiger partial charge in [0.1, 0.15) is 0 Å². The van der Waals surface area contributed by atoms with Gasteiger partial charge in [-0.05, 0) is 12.5 Å². The van der Waals surface area contributed by atoms with Crippen molar-refractivity contribution in [1.29, 1.82) is 0 Å². The topological polar surface area (TPSA) is 58.2 Å². The van der Waals surface area contributed by atoms with Crippen LogP contribution in [0.5, 0.6) is 0 Å². The van der Waals surface area contributed by atoms with E-state index in [0.29, 0.717) is 0 Å². The summed E-state index contributed by atoms with van der Waals surface area (Å²) in [5, 5.41) is 3.90. The number of hydrogen-bond acceptors (Lipinski definition) is 2. The molecule has 4 nitrogen and oxygen atoms in total. The molecule has 0 unspecified atom stereocenters. The minimum Gasteiger partial charge on any atom is -0.350 e. The monoisotopic (exact) mass is 274 g/mol. The Labute approximate surface area is 108 Å². The van der Waals surface area contributed by atoms with E-state index in [1.165, 1.54) is 5.32 Å². The lowest BCUT2D eigenvalue weighted by molar-refractivity contribution is -0.173. The maximum Gasteiger partial charge on any atom is 0.471 e. The van der Waals surface area contributed by atoms with Crippen molar-refractivity contribution in [3.05, 3.63) is 35.4 Å². The molecular formula is C12H13F3N2O2. The van der Waals surface area contributed by atoms with Gasteiger partial charge >= 0.3 is 12.1 Å². The molecule has 0 aliphatic rings. The Bertz CT molecular complexity index is 455. The molecule has 19 heavy (non-hydrogen) atoms. The Morgan fingerprint density at radius 1 is 1.11 bits per heavy atom. The van der Waals surface area contributed by atoms with Crippen LogP contribution in [-0.2, 0) is 16.1 Å². The highest BCUT2D eigenvalue weighted by Gasteiger charge is 2.38. The summed E-state index contributed by atoms with van der Waals surface area (Å²) < 4.78 is 35.5. The molecule has 0 radical (unpaired) electrons. The summed E-state index contributed by atoms with van der Waals surface area (Å²) in [6, 6.07) is 7.30. The Balaban J connectivity index is 2.32. The van der Waals surface area contributed by atoms with E-state index in [1.807, 2.05) is 19.1 Å². The quantitative estimate of drug-likeness (QED) is 0.869. The molecule has 104 valence electrons. The zero-order valence-electron chi connectivity index (χ0n) is 10.2. The van der Waals surface area contributed by atoms with Crippen molar-refractivity contribution in [2.45, 2.75) is 19.6 Å². The molecule has 2 amide bonds. The summed E-state index contributed by atoms with van der Waals surface area (Å²) >= 11 is 0. The third-order valence-corrected chi connectivity index (χ3v) is 2.28. The fourth-order valence-electron chi connectivity index (χ4n) is 1.23. The fourth-order valence-corrected chi connectivity index (χ4v) is 1.23. The number of alkyl halides is 3. The van der Waals surface area contributed by atoms with Crippen LogP contribution in [0.25, 0.3) is 0 Å². The van der Waals surface area contributed by atoms with Crippen molar-refractivity contribution in [3.8, 4) is 0 Å². The summed E-state index contributed by atoms with van der Waals surface area (Å²) in [5.74, 6) is -2.81. The molecular weight excluding hydrogens is 261 g/mol. The number of rotatable bonds is 4. The Morgan fingerprint density at radius 3 is 2.21 bits per heavy atom. The van der Waals surface area contributed by atoms with Crippen LogP contribution in [0, 0.1) is 6.92 Å². The lowest BCUT2D eigenvalue weighted by atomic mass is 10.1. The third-order valence-electron chi connectivity index (χ3n) is 2.28. The number of carbonyl (C=O) groups is 2. The molecule has 0 spiro atoms. The van der Waals surface area contributed by atoms with Crippen molar-refractivity contribution < 1.29 is 22.8 Å². The Kier molecular flexibility index (Phi) is 4.91. The third kappa shape index (κ3) is 5.41. The average Bonchev–Trinajstić information content (AvgIpc) is 2.34. The van der Waals surface area contributed by atoms with Crippen LogP contribution in [0.3, 0.4) is 0 Å². The van der Waals surface area contributed by atoms with Crippen molar-refractivity contribution in [3.63, 3.8) is 0 Å². The second-order valence-corrected chi connectivity index (χ2v) is 3.94. The summed E-state index contributed by atoms with van der Waals surface area (Å²) in [6.45, 7) is 1.40. The Morgan fingerprint density at radius 2 is 1.68 bits per heavy atom. The van der Waals surface area contributed by atoms with Gasteiger partial charge in [0.2, 0.25) is 5.91 Å². The van der Waals surface area contributed by atoms with Crippen LogP contribution in [0.15, 0.2) is 24.3 Å². The number of hydrogen-bond donors (Lipinski definition) is 2. The van der Waals surface area contributed by atoms with E-state index in [-0.39, 0.29) is 6.54 Å². The van der Waals surface area contributed by atoms with E-state index in [9.17, 15) is 22.8 Å². The second kappa shape index (κ2) is 6.21. The SMILES string of the molecule is Cc1ccc(CNC(=O)CNC(=O)C(F)(F)F)cc1. The number of aryl methyl sites for hydroxylation is 1. The molecule has 1 aromatic carbocycles. The number of amides is 2. The van der Waals surface area contributed by atoms with Crippen molar-refractivity contribution in [2.24, 2.45) is 0 Å². The molecule has 0 atom stereocenters. The first-order valence-corrected chi connectivity index (χ1v) is 5.46. The summed E-state index contributed by atoms with van der Waals surface area (Å²) in [6.07, 6.45) is -4.97. The second-order valence-electron chi connectivity index (χ2n) is 3.94. The number of halogens is 3. The largest absolute Gasteiger partial charge is 0.471 e. The van der Waals surface area contributed by atoms with Gasteiger partial charge in [-0.3, -0.25) is 9.59 Å². The van der Waals surface area contributed by atoms with Gasteiger partial charge in [0, 0.05) is 6.54 Å². The van der Waals surface area contributed by atoms with Crippen molar-refractivity contribution in [2.75, 3.05) is 6.54 Å². The lowest BCUT2D eigenvalue weighted by Gasteiger charge is -2.08. The lowest BCUT2D eigenvalue weighted by Crippen LogP contribution is -2.42. The van der Waals surface area contributed by atoms with Crippen LogP contribution in [0.1, 0.15) is 11.1 Å². The normalized spacial score (nSPS) is 10.9. The van der Waals surface area contributed by atoms with E-state index in [4.69, 9.17) is 0 Å². The molecule has 0 heterocycles. The van der Waals surface area contributed by atoms with Gasteiger partial charge in [-0.1, -0.05) is 29.8 Å². The van der Waals surface area contributed by atoms with E-state index in [1.54, 1.807) is 12.1 Å². The van der Waals surface area contributed by atoms with Gasteiger partial charge in [-0.15, -0.1) is 0 Å². The van der Waals surface area contributed by atoms with Crippen LogP contribution in [0.4, 0.5) is 13.2 Å². The molecule has 0 fully saturated rings. The summed E-state index contributed by atoms with van der Waals surface area (Å²) in [5.41, 5.74) is 1.88. The van der Waals surface area contributed by atoms with E-state index < -0.39 is 24.5 Å². The van der Waals surface area contributed by atoms with E-state index in [2.05, 4.69) is 5.32 Å². The predicted molar refractivity (Wildman–Crippen MR) is 62.1 cm³/mol. The molecule has 0 saturated carbocycles. The van der Waals surface area contributed by atoms with Gasteiger partial charge in [-0.25, -0.2) is 0 Å². The van der Waals surface area contributed by atoms with Crippen LogP contribution >= 0.6 is 0 Å². The standard InChI is InChI=1S/C12H13F3N2O2/c1-8-2-4-9(5-3-8)6-16-10(18)7-17-11(19)12(13,14)15/h2-5H,6-7H2,1H3,(H,16,18)(H,17,19). The van der Waals surface area contributed by atoms with E-state index in [0.717, 1.165) is 11.1 Å². The maximum atomic E-state index is 11.8. The molecule has 7 heteroatoms. The van der Waals surface area contributed by atoms with Crippen LogP contribution < -0.4 is 10.6 Å². The smallest absolute Gasteiger partial charge is 0.350 e. The molecule has 0 bridgehead atoms. The van der Waals surface area contributed by atoms with Gasteiger partial charge in [0.05, 0.1) is 6.54 Å². The van der Waals surface area contributed by atoms with Crippen molar-refractivity contribution in [1.82, 2.24) is 10.6 Å². The summed E-state index contributed by atoms with van der Waals surface area (Å²) in [4.78, 5) is 21.7. The number of carbonyl (C=O) groups excluding carboxylic acids is 2. The summed E-state index contributed by atoms with van der Waals surface area (Å²) in [7, 11) is 0. The highest BCUT2D eigenvalue weighted by atomic mass is 19.4. The minimum absolute atomic E-state index is 0.195. The molecule has 2 N–H and O–H groups in total. The highest BCUT2D eigenvalue weighted by Crippen LogP contribution is 2.13. The predicted octanol–water partition coefficient (Wildman–Crippen LogP) is 1.29. The van der Waals surface area contributed by atoms with Crippen molar-refractivity contribution >= 4 is 11.8 Å². The first-order chi connectivity index (χ1) is 8.79. The molecule has 0 aliphatic heterocycles. The molecule has 0 saturated heterocycles. The maximum absolute atomic E-state index is 11.8. The van der Waals surface area contributed by atoms with Gasteiger partial charge in [0.15, 0.2) is 0 Å². The van der Waals surface area contributed by atoms with Gasteiger partial charge in [-0.2, -0.15) is 13.2 Å². The zero-order chi connectivity index (χ0) is 14.5. The van der Waals surface area contributed by atoms with Gasteiger partial charge in [0.25, 0.3) is 0 Å². The highest BCUT2D eigenvalue weighted by molar-refractivity contribution is 5.87. The minimum atomic E-state index is -4.97. The van der Waals surface area contributed by atoms with Crippen LogP contribution in [-0.4, -0.2) is 24.5 Å². The molecule has 0 aromatic heterocycles. The molecule has 0 aliphatic carbocycles. The van der Waals surface area contributed by atoms with Crippen LogP contribution in [0.2, 0.25) is 0 Å².